The summed E-state index contributed by atoms with van der Waals surface area (Å²) >= 11 is 5.97. The summed E-state index contributed by atoms with van der Waals surface area (Å²) in [6.45, 7) is 2.91. The molecule has 0 unspecified atom stereocenters. The highest BCUT2D eigenvalue weighted by Gasteiger charge is 2.27. The lowest BCUT2D eigenvalue weighted by Gasteiger charge is -1.98. The van der Waals surface area contributed by atoms with Gasteiger partial charge in [-0.3, -0.25) is 10.1 Å². The Morgan fingerprint density at radius 2 is 2.47 bits per heavy atom. The molecule has 0 aromatic carbocycles. The molecule has 15 heavy (non-hydrogen) atoms. The molecule has 1 aromatic heterocycles. The van der Waals surface area contributed by atoms with Crippen molar-refractivity contribution in [2.45, 2.75) is 19.8 Å². The molecule has 0 atom stereocenters. The van der Waals surface area contributed by atoms with Gasteiger partial charge in [0.05, 0.1) is 5.71 Å². The minimum atomic E-state index is 0.589. The van der Waals surface area contributed by atoms with E-state index < -0.39 is 0 Å². The number of aromatic amines is 1. The van der Waals surface area contributed by atoms with E-state index in [-0.39, 0.29) is 0 Å². The summed E-state index contributed by atoms with van der Waals surface area (Å²) in [7, 11) is 0. The number of hydrogen-bond acceptors (Lipinski definition) is 3. The van der Waals surface area contributed by atoms with Crippen molar-refractivity contribution in [3.05, 3.63) is 22.6 Å². The molecule has 2 rings (SSSR count). The van der Waals surface area contributed by atoms with E-state index in [4.69, 9.17) is 17.3 Å². The van der Waals surface area contributed by atoms with Crippen molar-refractivity contribution in [3.63, 3.8) is 0 Å². The van der Waals surface area contributed by atoms with Gasteiger partial charge in [-0.25, -0.2) is 0 Å². The lowest BCUT2D eigenvalue weighted by atomic mass is 10.2. The van der Waals surface area contributed by atoms with Crippen molar-refractivity contribution < 1.29 is 0 Å². The zero-order valence-corrected chi connectivity index (χ0v) is 9.30. The van der Waals surface area contributed by atoms with Gasteiger partial charge in [0.15, 0.2) is 0 Å². The SMILES string of the molecule is CCCN=C1Cc2c(n[nH]c2Cl)/C1=C/N. The Labute approximate surface area is 93.2 Å². The molecule has 1 aliphatic carbocycles. The van der Waals surface area contributed by atoms with Gasteiger partial charge < -0.3 is 5.73 Å². The maximum Gasteiger partial charge on any atom is 0.128 e. The predicted octanol–water partition coefficient (Wildman–Crippen LogP) is 1.77. The molecule has 1 heterocycles. The number of aromatic nitrogens is 2. The average Bonchev–Trinajstić information content (AvgIpc) is 2.75. The first-order valence-electron chi connectivity index (χ1n) is 4.96. The summed E-state index contributed by atoms with van der Waals surface area (Å²) in [5.41, 5.74) is 9.33. The number of H-pyrrole nitrogens is 1. The first-order chi connectivity index (χ1) is 7.27. The third-order valence-electron chi connectivity index (χ3n) is 2.42. The Morgan fingerprint density at radius 1 is 1.67 bits per heavy atom. The molecule has 0 radical (unpaired) electrons. The van der Waals surface area contributed by atoms with Crippen LogP contribution in [0.25, 0.3) is 5.57 Å². The van der Waals surface area contributed by atoms with E-state index in [0.29, 0.717) is 5.15 Å². The maximum absolute atomic E-state index is 5.97. The van der Waals surface area contributed by atoms with Gasteiger partial charge in [-0.05, 0) is 6.42 Å². The van der Waals surface area contributed by atoms with Gasteiger partial charge in [-0.15, -0.1) is 0 Å². The Hall–Kier alpha value is -1.29. The normalized spacial score (nSPS) is 20.1. The first kappa shape index (κ1) is 10.2. The molecule has 4 nitrogen and oxygen atoms in total. The number of nitrogens with one attached hydrogen (secondary N) is 1. The zero-order valence-electron chi connectivity index (χ0n) is 8.55. The molecule has 3 N–H and O–H groups in total. The second kappa shape index (κ2) is 4.06. The predicted molar refractivity (Wildman–Crippen MR) is 62.1 cm³/mol. The lowest BCUT2D eigenvalue weighted by Crippen LogP contribution is -2.01. The van der Waals surface area contributed by atoms with Gasteiger partial charge in [0.25, 0.3) is 0 Å². The fourth-order valence-electron chi connectivity index (χ4n) is 1.69. The van der Waals surface area contributed by atoms with Crippen LogP contribution in [-0.2, 0) is 6.42 Å². The summed E-state index contributed by atoms with van der Waals surface area (Å²) < 4.78 is 0. The third kappa shape index (κ3) is 1.65. The van der Waals surface area contributed by atoms with E-state index in [2.05, 4.69) is 22.1 Å². The second-order valence-electron chi connectivity index (χ2n) is 3.45. The van der Waals surface area contributed by atoms with Crippen LogP contribution in [0.5, 0.6) is 0 Å². The van der Waals surface area contributed by atoms with Crippen LogP contribution in [0.15, 0.2) is 11.2 Å². The largest absolute Gasteiger partial charge is 0.404 e. The van der Waals surface area contributed by atoms with Crippen molar-refractivity contribution in [3.8, 4) is 0 Å². The molecule has 1 aliphatic rings. The molecule has 0 bridgehead atoms. The molecule has 0 fully saturated rings. The highest BCUT2D eigenvalue weighted by Crippen LogP contribution is 2.32. The summed E-state index contributed by atoms with van der Waals surface area (Å²) in [6.07, 6.45) is 3.31. The van der Waals surface area contributed by atoms with Crippen LogP contribution in [0.1, 0.15) is 24.6 Å². The summed E-state index contributed by atoms with van der Waals surface area (Å²) in [5.74, 6) is 0. The first-order valence-corrected chi connectivity index (χ1v) is 5.34. The van der Waals surface area contributed by atoms with Gasteiger partial charge in [0.1, 0.15) is 10.8 Å². The van der Waals surface area contributed by atoms with Crippen molar-refractivity contribution in [2.24, 2.45) is 10.7 Å². The Kier molecular flexibility index (Phi) is 2.77. The Morgan fingerprint density at radius 3 is 3.13 bits per heavy atom. The zero-order chi connectivity index (χ0) is 10.8. The van der Waals surface area contributed by atoms with Crippen LogP contribution >= 0.6 is 11.6 Å². The van der Waals surface area contributed by atoms with Crippen molar-refractivity contribution >= 4 is 22.9 Å². The highest BCUT2D eigenvalue weighted by molar-refractivity contribution is 6.34. The van der Waals surface area contributed by atoms with Crippen LogP contribution < -0.4 is 5.73 Å². The fourth-order valence-corrected chi connectivity index (χ4v) is 1.89. The van der Waals surface area contributed by atoms with E-state index in [1.165, 1.54) is 0 Å². The smallest absolute Gasteiger partial charge is 0.128 e. The summed E-state index contributed by atoms with van der Waals surface area (Å²) in [6, 6.07) is 0. The average molecular weight is 225 g/mol. The van der Waals surface area contributed by atoms with Crippen LogP contribution in [0.2, 0.25) is 5.15 Å². The van der Waals surface area contributed by atoms with Crippen LogP contribution in [-0.4, -0.2) is 22.5 Å². The second-order valence-corrected chi connectivity index (χ2v) is 3.83. The molecule has 80 valence electrons. The lowest BCUT2D eigenvalue weighted by molar-refractivity contribution is 0.930. The number of fused-ring (bicyclic) bond motifs is 1. The maximum atomic E-state index is 5.97. The number of nitrogens with zero attached hydrogens (tertiary/aromatic N) is 2. The summed E-state index contributed by atoms with van der Waals surface area (Å²) in [4.78, 5) is 4.48. The quantitative estimate of drug-likeness (QED) is 0.804. The molecular weight excluding hydrogens is 212 g/mol. The van der Waals surface area contributed by atoms with Crippen molar-refractivity contribution in [2.75, 3.05) is 6.54 Å². The topological polar surface area (TPSA) is 67.1 Å². The van der Waals surface area contributed by atoms with Crippen molar-refractivity contribution in [1.29, 1.82) is 0 Å². The molecule has 0 aliphatic heterocycles. The number of aliphatic imine (C=N–C) groups is 1. The number of allylic oxidation sites excluding steroid dienone is 1. The van der Waals surface area contributed by atoms with Crippen LogP contribution in [0, 0.1) is 0 Å². The molecule has 5 heteroatoms. The Bertz CT molecular complexity index is 431. The monoisotopic (exact) mass is 224 g/mol. The molecule has 0 amide bonds. The molecule has 0 spiro atoms. The minimum Gasteiger partial charge on any atom is -0.404 e. The number of nitrogens with two attached hydrogens (primary N) is 1. The fraction of sp³-hybridized carbons (Fsp3) is 0.400. The Balaban J connectivity index is 2.37. The number of rotatable bonds is 2. The van der Waals surface area contributed by atoms with E-state index in [9.17, 15) is 0 Å². The molecule has 1 aromatic rings. The van der Waals surface area contributed by atoms with Gasteiger partial charge in [0.2, 0.25) is 0 Å². The van der Waals surface area contributed by atoms with E-state index in [1.807, 2.05) is 0 Å². The number of hydrogen-bond donors (Lipinski definition) is 2. The standard InChI is InChI=1S/C10H13ClN4/c1-2-3-13-8-4-6-9(7(8)5-12)14-15-10(6)11/h5H,2-4,12H2,1H3,(H,14,15)/b7-5+,13-8?. The number of halogens is 1. The van der Waals surface area contributed by atoms with Gasteiger partial charge in [0, 0.05) is 30.3 Å². The summed E-state index contributed by atoms with van der Waals surface area (Å²) in [5, 5.41) is 7.45. The van der Waals surface area contributed by atoms with Gasteiger partial charge >= 0.3 is 0 Å². The van der Waals surface area contributed by atoms with Crippen LogP contribution in [0.3, 0.4) is 0 Å². The van der Waals surface area contributed by atoms with Gasteiger partial charge in [-0.1, -0.05) is 18.5 Å². The van der Waals surface area contributed by atoms with Crippen LogP contribution in [0.4, 0.5) is 0 Å². The van der Waals surface area contributed by atoms with Crippen molar-refractivity contribution in [1.82, 2.24) is 10.2 Å². The van der Waals surface area contributed by atoms with E-state index in [1.54, 1.807) is 6.20 Å². The molecular formula is C10H13ClN4. The van der Waals surface area contributed by atoms with E-state index in [0.717, 1.165) is 41.9 Å². The molecule has 0 saturated heterocycles. The molecule has 0 saturated carbocycles. The van der Waals surface area contributed by atoms with Gasteiger partial charge in [-0.2, -0.15) is 5.10 Å². The minimum absolute atomic E-state index is 0.589. The van der Waals surface area contributed by atoms with E-state index >= 15 is 0 Å². The highest BCUT2D eigenvalue weighted by atomic mass is 35.5. The third-order valence-corrected chi connectivity index (χ3v) is 2.73.